The van der Waals surface area contributed by atoms with E-state index in [9.17, 15) is 14.4 Å². The molecule has 0 spiro atoms. The van der Waals surface area contributed by atoms with Crippen LogP contribution < -0.4 is 0 Å². The van der Waals surface area contributed by atoms with E-state index in [1.54, 1.807) is 0 Å². The topological polar surface area (TPSA) is 78.9 Å². The maximum atomic E-state index is 12.9. The summed E-state index contributed by atoms with van der Waals surface area (Å²) in [5.41, 5.74) is 0. The fourth-order valence-electron chi connectivity index (χ4n) is 8.80. The van der Waals surface area contributed by atoms with Gasteiger partial charge in [-0.3, -0.25) is 14.4 Å². The van der Waals surface area contributed by atoms with Crippen LogP contribution in [0.2, 0.25) is 0 Å². The Bertz CT molecular complexity index is 1620. The highest BCUT2D eigenvalue weighted by atomic mass is 16.6. The summed E-state index contributed by atoms with van der Waals surface area (Å²) in [6.45, 7) is 6.49. The van der Waals surface area contributed by atoms with Crippen molar-refractivity contribution in [1.82, 2.24) is 0 Å². The standard InChI is InChI=1S/C72H120O6/c1-4-7-10-13-16-19-22-25-28-30-32-33-34-35-36-37-38-39-40-42-44-47-50-53-56-59-62-65-71(74)77-68-69(67-76-70(73)64-61-58-55-52-49-46-43-27-24-21-18-15-12-9-6-3)78-72(75)66-63-60-57-54-51-48-45-41-31-29-26-23-20-17-14-11-8-5-2/h7,10,16,19,25,27-29,31-33,35-36,38-39,42-44,50,53,69H,4-6,8-9,11-15,17-18,20-24,26,30,34,37,40-41,45-49,51-52,54-68H2,1-3H3/b10-7-,19-16-,28-25-,31-29-,33-32-,36-35-,39-38-,43-27-,44-42-,53-50-. The summed E-state index contributed by atoms with van der Waals surface area (Å²) in [6.07, 6.45) is 90.6. The van der Waals surface area contributed by atoms with Gasteiger partial charge in [-0.1, -0.05) is 264 Å². The summed E-state index contributed by atoms with van der Waals surface area (Å²) >= 11 is 0. The van der Waals surface area contributed by atoms with Crippen LogP contribution in [0.3, 0.4) is 0 Å². The molecule has 0 fully saturated rings. The van der Waals surface area contributed by atoms with Crippen molar-refractivity contribution in [3.8, 4) is 0 Å². The number of carbonyl (C=O) groups excluding carboxylic acids is 3. The van der Waals surface area contributed by atoms with Crippen molar-refractivity contribution in [3.05, 3.63) is 122 Å². The van der Waals surface area contributed by atoms with Crippen LogP contribution in [-0.2, 0) is 28.6 Å². The average Bonchev–Trinajstić information content (AvgIpc) is 3.44. The molecule has 78 heavy (non-hydrogen) atoms. The lowest BCUT2D eigenvalue weighted by molar-refractivity contribution is -0.167. The van der Waals surface area contributed by atoms with Crippen LogP contribution in [0.5, 0.6) is 0 Å². The maximum Gasteiger partial charge on any atom is 0.306 e. The first kappa shape index (κ1) is 73.8. The Kier molecular flexibility index (Phi) is 61.8. The van der Waals surface area contributed by atoms with Crippen LogP contribution in [0.25, 0.3) is 0 Å². The van der Waals surface area contributed by atoms with Crippen LogP contribution in [0, 0.1) is 0 Å². The molecule has 0 bridgehead atoms. The van der Waals surface area contributed by atoms with Crippen molar-refractivity contribution in [2.75, 3.05) is 13.2 Å². The first-order chi connectivity index (χ1) is 38.5. The fraction of sp³-hybridized carbons (Fsp3) is 0.681. The van der Waals surface area contributed by atoms with E-state index in [0.29, 0.717) is 25.7 Å². The summed E-state index contributed by atoms with van der Waals surface area (Å²) in [5, 5.41) is 0. The van der Waals surface area contributed by atoms with Crippen molar-refractivity contribution in [2.24, 2.45) is 0 Å². The molecule has 0 aliphatic rings. The number of ether oxygens (including phenoxy) is 3. The highest BCUT2D eigenvalue weighted by Crippen LogP contribution is 2.15. The second-order valence-corrected chi connectivity index (χ2v) is 21.3. The van der Waals surface area contributed by atoms with Crippen LogP contribution in [0.4, 0.5) is 0 Å². The van der Waals surface area contributed by atoms with Crippen LogP contribution in [0.1, 0.15) is 297 Å². The first-order valence-corrected chi connectivity index (χ1v) is 32.5. The minimum Gasteiger partial charge on any atom is -0.462 e. The van der Waals surface area contributed by atoms with E-state index in [1.807, 2.05) is 0 Å². The van der Waals surface area contributed by atoms with Gasteiger partial charge in [-0.25, -0.2) is 0 Å². The van der Waals surface area contributed by atoms with E-state index >= 15 is 0 Å². The Labute approximate surface area is 482 Å². The van der Waals surface area contributed by atoms with E-state index < -0.39 is 6.10 Å². The number of hydrogen-bond donors (Lipinski definition) is 0. The molecule has 0 saturated carbocycles. The smallest absolute Gasteiger partial charge is 0.306 e. The molecular weight excluding hydrogens is 961 g/mol. The molecule has 1 atom stereocenters. The van der Waals surface area contributed by atoms with E-state index in [0.717, 1.165) is 116 Å². The van der Waals surface area contributed by atoms with Gasteiger partial charge in [0.15, 0.2) is 6.10 Å². The lowest BCUT2D eigenvalue weighted by atomic mass is 10.1. The Hall–Kier alpha value is -4.19. The maximum absolute atomic E-state index is 12.9. The van der Waals surface area contributed by atoms with Gasteiger partial charge in [0.2, 0.25) is 0 Å². The normalized spacial score (nSPS) is 12.9. The van der Waals surface area contributed by atoms with Gasteiger partial charge in [-0.2, -0.15) is 0 Å². The molecule has 0 aliphatic heterocycles. The zero-order chi connectivity index (χ0) is 56.4. The monoisotopic (exact) mass is 1080 g/mol. The average molecular weight is 1080 g/mol. The quantitative estimate of drug-likeness (QED) is 0.0261. The van der Waals surface area contributed by atoms with Crippen molar-refractivity contribution in [3.63, 3.8) is 0 Å². The van der Waals surface area contributed by atoms with Crippen molar-refractivity contribution in [2.45, 2.75) is 303 Å². The van der Waals surface area contributed by atoms with Gasteiger partial charge in [0.1, 0.15) is 13.2 Å². The second-order valence-electron chi connectivity index (χ2n) is 21.3. The summed E-state index contributed by atoms with van der Waals surface area (Å²) in [4.78, 5) is 38.3. The number of allylic oxidation sites excluding steroid dienone is 20. The molecule has 0 aliphatic carbocycles. The Balaban J connectivity index is 4.46. The molecule has 0 radical (unpaired) electrons. The predicted octanol–water partition coefficient (Wildman–Crippen LogP) is 22.4. The molecule has 0 saturated heterocycles. The van der Waals surface area contributed by atoms with Crippen LogP contribution in [0.15, 0.2) is 122 Å². The minimum absolute atomic E-state index is 0.0993. The minimum atomic E-state index is -0.806. The molecule has 6 nitrogen and oxygen atoms in total. The third kappa shape index (κ3) is 62.7. The van der Waals surface area contributed by atoms with Crippen LogP contribution >= 0.6 is 0 Å². The molecule has 0 aromatic heterocycles. The first-order valence-electron chi connectivity index (χ1n) is 32.5. The molecule has 6 heteroatoms. The molecule has 444 valence electrons. The fourth-order valence-corrected chi connectivity index (χ4v) is 8.80. The SMILES string of the molecule is CC/C=C\C/C=C\C/C=C\C/C=C\C/C=C\C/C=C\C/C=C\C/C=C\CCCCC(=O)OCC(COC(=O)CCCCCCC/C=C\CCCCCCCC)OC(=O)CCCCCCCCC/C=C\CCCCCCCCC. The number of rotatable bonds is 58. The molecule has 0 N–H and O–H groups in total. The van der Waals surface area contributed by atoms with Gasteiger partial charge < -0.3 is 14.2 Å². The predicted molar refractivity (Wildman–Crippen MR) is 339 cm³/mol. The summed E-state index contributed by atoms with van der Waals surface area (Å²) < 4.78 is 16.9. The molecule has 0 aromatic rings. The number of hydrogen-bond acceptors (Lipinski definition) is 6. The van der Waals surface area contributed by atoms with E-state index in [-0.39, 0.29) is 31.1 Å². The van der Waals surface area contributed by atoms with Gasteiger partial charge in [0.25, 0.3) is 0 Å². The van der Waals surface area contributed by atoms with Crippen molar-refractivity contribution < 1.29 is 28.6 Å². The summed E-state index contributed by atoms with van der Waals surface area (Å²) in [6, 6.07) is 0. The molecule has 0 aromatic carbocycles. The van der Waals surface area contributed by atoms with Crippen molar-refractivity contribution >= 4 is 17.9 Å². The zero-order valence-corrected chi connectivity index (χ0v) is 50.9. The van der Waals surface area contributed by atoms with Gasteiger partial charge >= 0.3 is 17.9 Å². The Morgan fingerprint density at radius 2 is 0.500 bits per heavy atom. The summed E-state index contributed by atoms with van der Waals surface area (Å²) in [5.74, 6) is -0.951. The Morgan fingerprint density at radius 3 is 0.821 bits per heavy atom. The van der Waals surface area contributed by atoms with E-state index in [4.69, 9.17) is 14.2 Å². The lowest BCUT2D eigenvalue weighted by Gasteiger charge is -2.18. The number of esters is 3. The Morgan fingerprint density at radius 1 is 0.269 bits per heavy atom. The molecule has 0 amide bonds. The highest BCUT2D eigenvalue weighted by molar-refractivity contribution is 5.71. The number of carbonyl (C=O) groups is 3. The molecule has 0 rings (SSSR count). The van der Waals surface area contributed by atoms with Gasteiger partial charge in [0, 0.05) is 19.3 Å². The lowest BCUT2D eigenvalue weighted by Crippen LogP contribution is -2.30. The van der Waals surface area contributed by atoms with Crippen molar-refractivity contribution in [1.29, 1.82) is 0 Å². The molecule has 0 heterocycles. The third-order valence-corrected chi connectivity index (χ3v) is 13.7. The van der Waals surface area contributed by atoms with E-state index in [1.165, 1.54) is 135 Å². The molecular formula is C72H120O6. The second kappa shape index (κ2) is 65.3. The highest BCUT2D eigenvalue weighted by Gasteiger charge is 2.19. The third-order valence-electron chi connectivity index (χ3n) is 13.7. The summed E-state index contributed by atoms with van der Waals surface area (Å²) in [7, 11) is 0. The molecule has 1 unspecified atom stereocenters. The van der Waals surface area contributed by atoms with E-state index in [2.05, 4.69) is 142 Å². The van der Waals surface area contributed by atoms with Gasteiger partial charge in [0.05, 0.1) is 0 Å². The van der Waals surface area contributed by atoms with Gasteiger partial charge in [-0.05, 0) is 135 Å². The zero-order valence-electron chi connectivity index (χ0n) is 50.9. The number of unbranched alkanes of at least 4 members (excludes halogenated alkanes) is 27. The largest absolute Gasteiger partial charge is 0.462 e. The van der Waals surface area contributed by atoms with Crippen LogP contribution in [-0.4, -0.2) is 37.2 Å². The van der Waals surface area contributed by atoms with Gasteiger partial charge in [-0.15, -0.1) is 0 Å².